The van der Waals surface area contributed by atoms with Crippen molar-refractivity contribution < 1.29 is 118 Å². The molecule has 8 N–H and O–H groups in total. The van der Waals surface area contributed by atoms with Gasteiger partial charge in [-0.25, -0.2) is 13.5 Å². The maximum atomic E-state index is 18.2. The van der Waals surface area contributed by atoms with Crippen LogP contribution in [0.15, 0.2) is 35.5 Å². The summed E-state index contributed by atoms with van der Waals surface area (Å²) in [5.74, 6) is -5.69. The third kappa shape index (κ3) is 28.1. The number of allylic oxidation sites excluding steroid dienone is 6. The fourth-order valence-corrected chi connectivity index (χ4v) is 18.6. The Labute approximate surface area is 723 Å². The summed E-state index contributed by atoms with van der Waals surface area (Å²) in [5.41, 5.74) is -4.19. The zero-order valence-electron chi connectivity index (χ0n) is 74.4. The molecule has 33 nitrogen and oxygen atoms in total. The van der Waals surface area contributed by atoms with Crippen molar-refractivity contribution in [2.75, 3.05) is 173 Å². The number of carbonyl (C=O) groups excluding carboxylic acids is 9. The maximum Gasteiger partial charge on any atom is 0.246 e. The van der Waals surface area contributed by atoms with E-state index < -0.39 is 130 Å². The van der Waals surface area contributed by atoms with E-state index in [0.717, 1.165) is 74.2 Å². The summed E-state index contributed by atoms with van der Waals surface area (Å²) < 4.78 is 108. The molecule has 2 heterocycles. The van der Waals surface area contributed by atoms with Crippen molar-refractivity contribution in [2.45, 2.75) is 243 Å². The Morgan fingerprint density at radius 3 is 1.95 bits per heavy atom. The first-order chi connectivity index (χ1) is 58.9. The molecule has 8 aliphatic rings. The Kier molecular flexibility index (Phi) is 39.9. The third-order valence-corrected chi connectivity index (χ3v) is 25.5. The molecule has 0 bridgehead atoms. The number of fused-ring (bicyclic) bond motifs is 9. The zero-order valence-corrected chi connectivity index (χ0v) is 74.4. The zero-order chi connectivity index (χ0) is 88.7. The number of ketones is 2. The van der Waals surface area contributed by atoms with Gasteiger partial charge in [-0.2, -0.15) is 0 Å². The van der Waals surface area contributed by atoms with Gasteiger partial charge in [-0.15, -0.1) is 5.10 Å². The second-order valence-corrected chi connectivity index (χ2v) is 35.8. The van der Waals surface area contributed by atoms with E-state index in [-0.39, 0.29) is 108 Å². The van der Waals surface area contributed by atoms with Gasteiger partial charge in [0.15, 0.2) is 29.1 Å². The lowest BCUT2D eigenvalue weighted by Gasteiger charge is -2.63. The van der Waals surface area contributed by atoms with Gasteiger partial charge in [0.05, 0.1) is 177 Å². The maximum absolute atomic E-state index is 18.2. The minimum atomic E-state index is -2.42. The van der Waals surface area contributed by atoms with Gasteiger partial charge in [0, 0.05) is 42.7 Å². The predicted octanol–water partition coefficient (Wildman–Crippen LogP) is 4.77. The number of aromatic nitrogens is 3. The molecule has 0 aromatic carbocycles. The van der Waals surface area contributed by atoms with E-state index in [1.807, 2.05) is 11.6 Å². The highest BCUT2D eigenvalue weighted by Crippen LogP contribution is 2.72. The van der Waals surface area contributed by atoms with E-state index in [2.05, 4.69) is 81.7 Å². The van der Waals surface area contributed by atoms with Crippen molar-refractivity contribution in [1.29, 1.82) is 0 Å². The number of nitrogens with one attached hydrogen (secondary N) is 7. The molecule has 4 saturated carbocycles. The Balaban J connectivity index is 0.702. The van der Waals surface area contributed by atoms with E-state index >= 15 is 13.6 Å². The Morgan fingerprint density at radius 2 is 1.29 bits per heavy atom. The number of likely N-dealkylation sites (N-methyl/N-ethyl adjacent to an activating group) is 1. The molecule has 9 rings (SSSR count). The molecule has 1 aliphatic heterocycles. The average Bonchev–Trinajstić information content (AvgIpc) is 1.52. The highest BCUT2D eigenvalue weighted by atomic mass is 19.1. The molecule has 1 aromatic heterocycles. The Bertz CT molecular complexity index is 3700. The summed E-state index contributed by atoms with van der Waals surface area (Å²) in [5, 5.41) is 40.6. The highest BCUT2D eigenvalue weighted by molar-refractivity contribution is 6.01. The first-order valence-corrected chi connectivity index (χ1v) is 45.0. The Hall–Kier alpha value is -6.71. The number of alkyl halides is 2. The SMILES string of the molecule is CCCC1O[C@@H]2C[C@H]3[C@@H]4C[C@H](F)C5=CC(=O)C=C[C@]5(C)[C@@]4(F)[C@@H](O)C[C@]3(C)[C@]2(C(=O)CNC(=O)[C@H](C)NC(=O)[C@@H](NC(=O)[C@@H](CCCCNC(=O)COC2CCCCCc3c2nnn3CCOCCOCCOCCOCCC(=O)NCC[N+](C)(C)C)NC(=O)CCOCCOCCOCCOCCNC(=O)CO[C@@H]2[C@@H]3CC/C(C)=C\CC[C@@H]32)C(C)C)O1. The van der Waals surface area contributed by atoms with Crippen molar-refractivity contribution in [3.63, 3.8) is 0 Å². The molecule has 1 aromatic rings. The lowest BCUT2D eigenvalue weighted by atomic mass is 9.44. The summed E-state index contributed by atoms with van der Waals surface area (Å²) in [6.07, 6.45) is 10.4. The molecule has 2 unspecified atom stereocenters. The van der Waals surface area contributed by atoms with Crippen LogP contribution in [0.4, 0.5) is 8.78 Å². The van der Waals surface area contributed by atoms with Gasteiger partial charge in [0.25, 0.3) is 0 Å². The topological polar surface area (TPSA) is 400 Å². The first kappa shape index (κ1) is 100. The highest BCUT2D eigenvalue weighted by Gasteiger charge is 2.80. The van der Waals surface area contributed by atoms with Crippen LogP contribution in [0.25, 0.3) is 0 Å². The number of ether oxygens (including phenoxy) is 12. The molecule has 694 valence electrons. The fraction of sp³-hybridized carbons (Fsp3) is 0.807. The monoisotopic (exact) mass is 1740 g/mol. The number of rotatable bonds is 56. The van der Waals surface area contributed by atoms with Gasteiger partial charge < -0.3 is 104 Å². The Morgan fingerprint density at radius 1 is 0.675 bits per heavy atom. The van der Waals surface area contributed by atoms with Crippen molar-refractivity contribution in [3.05, 3.63) is 46.8 Å². The van der Waals surface area contributed by atoms with E-state index in [1.165, 1.54) is 31.6 Å². The number of aliphatic hydroxyl groups is 1. The molecule has 1 saturated heterocycles. The number of hydrogen-bond acceptors (Lipinski definition) is 24. The molecule has 35 heteroatoms. The van der Waals surface area contributed by atoms with Crippen LogP contribution in [0.5, 0.6) is 0 Å². The van der Waals surface area contributed by atoms with E-state index in [0.29, 0.717) is 155 Å². The second-order valence-electron chi connectivity index (χ2n) is 35.8. The van der Waals surface area contributed by atoms with Crippen LogP contribution in [0.2, 0.25) is 0 Å². The van der Waals surface area contributed by atoms with Gasteiger partial charge in [-0.05, 0) is 152 Å². The van der Waals surface area contributed by atoms with E-state index in [9.17, 15) is 43.5 Å². The van der Waals surface area contributed by atoms with Crippen LogP contribution in [0.1, 0.15) is 182 Å². The van der Waals surface area contributed by atoms with E-state index in [1.54, 1.807) is 20.8 Å². The smallest absolute Gasteiger partial charge is 0.246 e. The number of aliphatic hydroxyl groups excluding tert-OH is 1. The van der Waals surface area contributed by atoms with Crippen molar-refractivity contribution in [3.8, 4) is 0 Å². The lowest BCUT2D eigenvalue weighted by molar-refractivity contribution is -0.869. The van der Waals surface area contributed by atoms with Crippen LogP contribution < -0.4 is 37.2 Å². The van der Waals surface area contributed by atoms with Gasteiger partial charge in [-0.1, -0.05) is 69.9 Å². The van der Waals surface area contributed by atoms with Crippen molar-refractivity contribution in [2.24, 2.45) is 40.4 Å². The number of nitrogens with zero attached hydrogens (tertiary/aromatic N) is 4. The summed E-state index contributed by atoms with van der Waals surface area (Å²) in [6.45, 7) is 18.7. The van der Waals surface area contributed by atoms with Crippen LogP contribution in [0, 0.1) is 40.4 Å². The van der Waals surface area contributed by atoms with Gasteiger partial charge in [-0.3, -0.25) is 43.2 Å². The first-order valence-electron chi connectivity index (χ1n) is 45.0. The summed E-state index contributed by atoms with van der Waals surface area (Å²) in [7, 11) is 6.22. The molecule has 0 radical (unpaired) electrons. The molecule has 5 fully saturated rings. The number of unbranched alkanes of at least 4 members (excludes halogenated alkanes) is 1. The summed E-state index contributed by atoms with van der Waals surface area (Å²) in [4.78, 5) is 122. The van der Waals surface area contributed by atoms with Crippen LogP contribution in [0.3, 0.4) is 0 Å². The molecular weight excluding hydrogens is 1600 g/mol. The predicted molar refractivity (Wildman–Crippen MR) is 447 cm³/mol. The number of quaternary nitrogens is 1. The summed E-state index contributed by atoms with van der Waals surface area (Å²) in [6, 6.07) is -3.68. The van der Waals surface area contributed by atoms with Gasteiger partial charge >= 0.3 is 0 Å². The molecule has 7 aliphatic carbocycles. The van der Waals surface area contributed by atoms with E-state index in [4.69, 9.17) is 56.8 Å². The fourth-order valence-electron chi connectivity index (χ4n) is 18.6. The number of hydrogen-bond donors (Lipinski definition) is 8. The second kappa shape index (κ2) is 49.0. The molecule has 17 atom stereocenters. The van der Waals surface area contributed by atoms with Crippen LogP contribution in [-0.4, -0.2) is 310 Å². The minimum Gasteiger partial charge on any atom is -0.390 e. The molecule has 7 amide bonds. The number of amides is 7. The van der Waals surface area contributed by atoms with Gasteiger partial charge in [0.2, 0.25) is 41.4 Å². The number of Topliss-reactive ketones (excluding diaryl/α,β-unsaturated/α-hetero) is 1. The quantitative estimate of drug-likeness (QED) is 0.0247. The number of carbonyl (C=O) groups is 9. The van der Waals surface area contributed by atoms with Crippen molar-refractivity contribution in [1.82, 2.24) is 52.2 Å². The minimum absolute atomic E-state index is 0.0133. The molecular formula is C88H142F2N11O22+. The average molecular weight is 1740 g/mol. The van der Waals surface area contributed by atoms with Crippen molar-refractivity contribution >= 4 is 52.9 Å². The third-order valence-electron chi connectivity index (χ3n) is 25.5. The summed E-state index contributed by atoms with van der Waals surface area (Å²) >= 11 is 0. The van der Waals surface area contributed by atoms with Crippen LogP contribution in [-0.2, 0) is 113 Å². The molecule has 123 heavy (non-hydrogen) atoms. The largest absolute Gasteiger partial charge is 0.390 e. The molecule has 0 spiro atoms. The number of halogens is 2. The normalized spacial score (nSPS) is 28.2. The standard InChI is InChI=1S/C88H141F2N11O22/c1-11-18-78-122-73-53-64-65-52-67(89)66-51-61(102)26-29-85(66,6)87(65,90)71(103)54-86(64,7)88(73,123-78)72(104)55-94-82(109)60(5)95-84(111)79(58(2)3)97-83(110)68(96-75(106)28-36-113-40-44-117-47-49-118-45-41-114-37-32-93-77(108)57-121-81-62-20-17-19-59(4)24-25-63(62)81)21-15-16-30-91-76(107)56-120-70-23-14-12-13-22-69-80(70)98-99-100(69)33-38-115-42-46-119-50-48-116-43-39-112-35-27-74(105)92-31-34-101(8,9)10/h19,26,29,51,58,60,62-65,67-68,70-71,73,78-79,81,103H,11-18,20-25,27-28,30-50,52-57H2,1-10H3,(H6-,91,92,93,94,95,96,97,105,106,107,108,109,110,111)/p+1/b59-19-/t60-,62-,63+,64-,65-,67-,68+,70?,71-,73+,78?,79-,81-,85-,86-,87-,88+/m0/s1. The lowest BCUT2D eigenvalue weighted by Crippen LogP contribution is -2.71. The van der Waals surface area contributed by atoms with Gasteiger partial charge in [0.1, 0.15) is 49.3 Å². The van der Waals surface area contributed by atoms with Crippen LogP contribution >= 0.6 is 0 Å².